The first-order valence-electron chi connectivity index (χ1n) is 9.62. The highest BCUT2D eigenvalue weighted by Crippen LogP contribution is 2.43. The van der Waals surface area contributed by atoms with Crippen molar-refractivity contribution in [1.29, 1.82) is 5.26 Å². The fourth-order valence-corrected chi connectivity index (χ4v) is 4.12. The summed E-state index contributed by atoms with van der Waals surface area (Å²) in [4.78, 5) is 16.7. The number of hydrogen-bond acceptors (Lipinski definition) is 4. The van der Waals surface area contributed by atoms with Gasteiger partial charge >= 0.3 is 0 Å². The predicted octanol–water partition coefficient (Wildman–Crippen LogP) is 3.48. The van der Waals surface area contributed by atoms with E-state index in [-0.39, 0.29) is 17.0 Å². The van der Waals surface area contributed by atoms with Crippen LogP contribution in [-0.4, -0.2) is 49.7 Å². The van der Waals surface area contributed by atoms with Crippen molar-refractivity contribution in [2.24, 2.45) is 0 Å². The molecule has 3 rings (SSSR count). The Hall–Kier alpha value is -2.32. The first-order valence-corrected chi connectivity index (χ1v) is 9.62. The largest absolute Gasteiger partial charge is 0.378 e. The SMILES string of the molecule is Cc1cc2c(cc1/C=C(/C#N)C(=O)N1CCOCC1)[C@@H](C)CC(C)(C)N2C. The molecular formula is C22H29N3O2. The van der Waals surface area contributed by atoms with E-state index in [1.54, 1.807) is 11.0 Å². The van der Waals surface area contributed by atoms with Gasteiger partial charge in [-0.3, -0.25) is 4.79 Å². The summed E-state index contributed by atoms with van der Waals surface area (Å²) >= 11 is 0. The summed E-state index contributed by atoms with van der Waals surface area (Å²) in [7, 11) is 2.14. The lowest BCUT2D eigenvalue weighted by atomic mass is 9.79. The van der Waals surface area contributed by atoms with Crippen LogP contribution in [0.4, 0.5) is 5.69 Å². The molecular weight excluding hydrogens is 338 g/mol. The third-order valence-electron chi connectivity index (χ3n) is 5.97. The molecule has 5 heteroatoms. The van der Waals surface area contributed by atoms with Gasteiger partial charge in [0.1, 0.15) is 11.6 Å². The van der Waals surface area contributed by atoms with E-state index in [0.29, 0.717) is 32.2 Å². The van der Waals surface area contributed by atoms with Gasteiger partial charge in [0.2, 0.25) is 0 Å². The van der Waals surface area contributed by atoms with E-state index in [2.05, 4.69) is 50.9 Å². The molecule has 1 aromatic carbocycles. The third kappa shape index (κ3) is 3.72. The molecule has 5 nitrogen and oxygen atoms in total. The second-order valence-corrected chi connectivity index (χ2v) is 8.32. The topological polar surface area (TPSA) is 56.6 Å². The Morgan fingerprint density at radius 3 is 2.63 bits per heavy atom. The molecule has 2 aliphatic rings. The van der Waals surface area contributed by atoms with Crippen LogP contribution in [-0.2, 0) is 9.53 Å². The maximum atomic E-state index is 12.7. The van der Waals surface area contributed by atoms with Crippen LogP contribution < -0.4 is 4.90 Å². The highest BCUT2D eigenvalue weighted by molar-refractivity contribution is 6.02. The zero-order chi connectivity index (χ0) is 19.8. The lowest BCUT2D eigenvalue weighted by molar-refractivity contribution is -0.130. The van der Waals surface area contributed by atoms with Crippen molar-refractivity contribution in [3.63, 3.8) is 0 Å². The number of rotatable bonds is 2. The van der Waals surface area contributed by atoms with Gasteiger partial charge in [0, 0.05) is 31.4 Å². The van der Waals surface area contributed by atoms with Crippen LogP contribution >= 0.6 is 0 Å². The van der Waals surface area contributed by atoms with Gasteiger partial charge < -0.3 is 14.5 Å². The van der Waals surface area contributed by atoms with Crippen LogP contribution in [0.25, 0.3) is 6.08 Å². The lowest BCUT2D eigenvalue weighted by Gasteiger charge is -2.45. The molecule has 0 N–H and O–H groups in total. The average molecular weight is 367 g/mol. The van der Waals surface area contributed by atoms with Gasteiger partial charge in [0.25, 0.3) is 5.91 Å². The van der Waals surface area contributed by atoms with E-state index in [1.807, 2.05) is 6.92 Å². The average Bonchev–Trinajstić information content (AvgIpc) is 2.65. The van der Waals surface area contributed by atoms with E-state index in [1.165, 1.54) is 11.3 Å². The Labute approximate surface area is 162 Å². The molecule has 0 spiro atoms. The van der Waals surface area contributed by atoms with E-state index >= 15 is 0 Å². The summed E-state index contributed by atoms with van der Waals surface area (Å²) in [5.74, 6) is 0.226. The number of carbonyl (C=O) groups excluding carboxylic acids is 1. The number of fused-ring (bicyclic) bond motifs is 1. The molecule has 1 atom stereocenters. The molecule has 0 unspecified atom stereocenters. The molecule has 2 aliphatic heterocycles. The van der Waals surface area contributed by atoms with Crippen LogP contribution in [0.5, 0.6) is 0 Å². The van der Waals surface area contributed by atoms with Crippen molar-refractivity contribution >= 4 is 17.7 Å². The molecule has 27 heavy (non-hydrogen) atoms. The molecule has 0 radical (unpaired) electrons. The molecule has 0 saturated carbocycles. The summed E-state index contributed by atoms with van der Waals surface area (Å²) in [5.41, 5.74) is 4.86. The standard InChI is InChI=1S/C22H29N3O2/c1-15-10-20-19(16(2)13-22(3,4)24(20)5)12-17(15)11-18(14-23)21(26)25-6-8-27-9-7-25/h10-12,16H,6-9,13H2,1-5H3/b18-11-/t16-/m0/s1. The number of aryl methyl sites for hydroxylation is 1. The van der Waals surface area contributed by atoms with Crippen molar-refractivity contribution in [2.45, 2.75) is 45.6 Å². The van der Waals surface area contributed by atoms with Gasteiger partial charge in [-0.1, -0.05) is 6.92 Å². The van der Waals surface area contributed by atoms with E-state index in [4.69, 9.17) is 4.74 Å². The molecule has 1 saturated heterocycles. The normalized spacial score (nSPS) is 22.2. The van der Waals surface area contributed by atoms with Gasteiger partial charge in [0.15, 0.2) is 0 Å². The van der Waals surface area contributed by atoms with Crippen molar-refractivity contribution in [3.8, 4) is 6.07 Å². The van der Waals surface area contributed by atoms with E-state index in [0.717, 1.165) is 17.5 Å². The molecule has 0 bridgehead atoms. The fraction of sp³-hybridized carbons (Fsp3) is 0.545. The second-order valence-electron chi connectivity index (χ2n) is 8.32. The number of anilines is 1. The van der Waals surface area contributed by atoms with Gasteiger partial charge in [-0.2, -0.15) is 5.26 Å². The summed E-state index contributed by atoms with van der Waals surface area (Å²) in [6, 6.07) is 6.45. The first-order chi connectivity index (χ1) is 12.7. The van der Waals surface area contributed by atoms with Crippen molar-refractivity contribution in [3.05, 3.63) is 34.4 Å². The maximum absolute atomic E-state index is 12.7. The summed E-state index contributed by atoms with van der Waals surface area (Å²) < 4.78 is 5.30. The van der Waals surface area contributed by atoms with Gasteiger partial charge in [-0.15, -0.1) is 0 Å². The zero-order valence-corrected chi connectivity index (χ0v) is 17.0. The van der Waals surface area contributed by atoms with Gasteiger partial charge in [0.05, 0.1) is 13.2 Å². The number of benzene rings is 1. The number of hydrogen-bond donors (Lipinski definition) is 0. The summed E-state index contributed by atoms with van der Waals surface area (Å²) in [6.45, 7) is 11.0. The Bertz CT molecular complexity index is 814. The third-order valence-corrected chi connectivity index (χ3v) is 5.97. The molecule has 1 fully saturated rings. The molecule has 0 aromatic heterocycles. The zero-order valence-electron chi connectivity index (χ0n) is 17.0. The Morgan fingerprint density at radius 2 is 2.00 bits per heavy atom. The van der Waals surface area contributed by atoms with Crippen LogP contribution in [0.15, 0.2) is 17.7 Å². The first kappa shape index (κ1) is 19.4. The van der Waals surface area contributed by atoms with E-state index in [9.17, 15) is 10.1 Å². The van der Waals surface area contributed by atoms with Crippen molar-refractivity contribution in [2.75, 3.05) is 38.3 Å². The summed E-state index contributed by atoms with van der Waals surface area (Å²) in [5, 5.41) is 9.58. The maximum Gasteiger partial charge on any atom is 0.264 e. The smallest absolute Gasteiger partial charge is 0.264 e. The van der Waals surface area contributed by atoms with Crippen molar-refractivity contribution in [1.82, 2.24) is 4.90 Å². The number of morpholine rings is 1. The molecule has 2 heterocycles. The lowest BCUT2D eigenvalue weighted by Crippen LogP contribution is -2.45. The van der Waals surface area contributed by atoms with Crippen molar-refractivity contribution < 1.29 is 9.53 Å². The van der Waals surface area contributed by atoms with Gasteiger partial charge in [-0.05, 0) is 68.0 Å². The highest BCUT2D eigenvalue weighted by Gasteiger charge is 2.34. The van der Waals surface area contributed by atoms with Gasteiger partial charge in [-0.25, -0.2) is 0 Å². The quantitative estimate of drug-likeness (QED) is 0.593. The monoisotopic (exact) mass is 367 g/mol. The molecule has 0 aliphatic carbocycles. The molecule has 1 amide bonds. The fourth-order valence-electron chi connectivity index (χ4n) is 4.12. The van der Waals surface area contributed by atoms with E-state index < -0.39 is 0 Å². The molecule has 1 aromatic rings. The second kappa shape index (κ2) is 7.36. The van der Waals surface area contributed by atoms with Crippen LogP contribution in [0.1, 0.15) is 49.8 Å². The minimum atomic E-state index is -0.204. The number of ether oxygens (including phenoxy) is 1. The van der Waals surface area contributed by atoms with Crippen LogP contribution in [0, 0.1) is 18.3 Å². The van der Waals surface area contributed by atoms with Crippen LogP contribution in [0.3, 0.4) is 0 Å². The number of nitriles is 1. The number of carbonyl (C=O) groups is 1. The van der Waals surface area contributed by atoms with Crippen LogP contribution in [0.2, 0.25) is 0 Å². The Balaban J connectivity index is 1.97. The Morgan fingerprint density at radius 1 is 1.33 bits per heavy atom. The molecule has 144 valence electrons. The minimum Gasteiger partial charge on any atom is -0.378 e. The minimum absolute atomic E-state index is 0.111. The predicted molar refractivity (Wildman–Crippen MR) is 108 cm³/mol. The number of amides is 1. The summed E-state index contributed by atoms with van der Waals surface area (Å²) in [6.07, 6.45) is 2.82. The highest BCUT2D eigenvalue weighted by atomic mass is 16.5. The number of nitrogens with zero attached hydrogens (tertiary/aromatic N) is 3. The Kier molecular flexibility index (Phi) is 5.30.